The molecule has 1 aromatic heterocycles. The number of hydrogen-bond acceptors (Lipinski definition) is 9. The average Bonchev–Trinajstić information content (AvgIpc) is 2.95. The number of carbonyl (C=O) groups excluding carboxylic acids is 2. The fraction of sp³-hybridized carbons (Fsp3) is 0.586. The van der Waals surface area contributed by atoms with Gasteiger partial charge in [0.15, 0.2) is 6.35 Å². The summed E-state index contributed by atoms with van der Waals surface area (Å²) in [5.74, 6) is 0.0381. The van der Waals surface area contributed by atoms with Crippen LogP contribution in [0.4, 0.5) is 16.2 Å². The van der Waals surface area contributed by atoms with Crippen LogP contribution in [0.5, 0.6) is 0 Å². The van der Waals surface area contributed by atoms with Crippen molar-refractivity contribution in [3.63, 3.8) is 0 Å². The number of nitrogens with one attached hydrogen (secondary N) is 1. The van der Waals surface area contributed by atoms with Crippen LogP contribution in [0.2, 0.25) is 0 Å². The Morgan fingerprint density at radius 2 is 1.57 bits per heavy atom. The lowest BCUT2D eigenvalue weighted by molar-refractivity contribution is -0.167. The highest BCUT2D eigenvalue weighted by molar-refractivity contribution is 5.77. The highest BCUT2D eigenvalue weighted by Gasteiger charge is 2.35. The molecule has 2 amide bonds. The first-order valence-electron chi connectivity index (χ1n) is 14.2. The first-order chi connectivity index (χ1) is 19.2. The number of rotatable bonds is 5. The largest absolute Gasteiger partial charge is 0.444 e. The Balaban J connectivity index is 1.09. The van der Waals surface area contributed by atoms with Crippen LogP contribution in [0.15, 0.2) is 42.9 Å². The molecule has 4 heterocycles. The molecule has 2 unspecified atom stereocenters. The Morgan fingerprint density at radius 3 is 2.15 bits per heavy atom. The van der Waals surface area contributed by atoms with Gasteiger partial charge in [0.05, 0.1) is 17.8 Å². The number of anilines is 2. The fourth-order valence-corrected chi connectivity index (χ4v) is 5.40. The minimum atomic E-state index is -0.479. The van der Waals surface area contributed by atoms with Gasteiger partial charge in [0, 0.05) is 70.3 Å². The molecule has 11 heteroatoms. The summed E-state index contributed by atoms with van der Waals surface area (Å²) >= 11 is 0. The molecule has 40 heavy (non-hydrogen) atoms. The third-order valence-corrected chi connectivity index (χ3v) is 7.70. The van der Waals surface area contributed by atoms with Crippen molar-refractivity contribution in [1.29, 1.82) is 0 Å². The molecule has 0 saturated carbocycles. The Kier molecular flexibility index (Phi) is 8.41. The predicted octanol–water partition coefficient (Wildman–Crippen LogP) is 3.00. The van der Waals surface area contributed by atoms with Gasteiger partial charge < -0.3 is 29.1 Å². The molecule has 1 N–H and O–H groups in total. The number of aromatic nitrogens is 2. The number of piperazine rings is 1. The highest BCUT2D eigenvalue weighted by Crippen LogP contribution is 2.28. The van der Waals surface area contributed by atoms with Gasteiger partial charge >= 0.3 is 6.09 Å². The molecular formula is C29H41N7O4. The van der Waals surface area contributed by atoms with Gasteiger partial charge in [-0.3, -0.25) is 10.1 Å². The van der Waals surface area contributed by atoms with Crippen LogP contribution in [-0.2, 0) is 14.3 Å². The summed E-state index contributed by atoms with van der Waals surface area (Å²) in [6.45, 7) is 10.3. The summed E-state index contributed by atoms with van der Waals surface area (Å²) in [6, 6.07) is 10.3. The molecule has 3 fully saturated rings. The van der Waals surface area contributed by atoms with Gasteiger partial charge in [0.1, 0.15) is 11.9 Å². The quantitative estimate of drug-likeness (QED) is 0.601. The second-order valence-electron chi connectivity index (χ2n) is 11.7. The normalized spacial score (nSPS) is 22.9. The van der Waals surface area contributed by atoms with Crippen LogP contribution in [0.1, 0.15) is 51.8 Å². The number of ether oxygens (including phenoxy) is 2. The molecule has 11 nitrogen and oxygen atoms in total. The molecule has 1 aromatic carbocycles. The highest BCUT2D eigenvalue weighted by atomic mass is 16.6. The SMILES string of the molecule is CN1C(=O)CC(c2ccncn2)NC1OC1CCN(c2ccc(N3CCN(C(=O)OC(C)(C)C)CC3)cc2)CC1. The lowest BCUT2D eigenvalue weighted by Gasteiger charge is -2.41. The van der Waals surface area contributed by atoms with Crippen LogP contribution in [-0.4, -0.2) is 96.1 Å². The van der Waals surface area contributed by atoms with Gasteiger partial charge in [-0.2, -0.15) is 0 Å². The molecule has 3 aliphatic rings. The van der Waals surface area contributed by atoms with E-state index in [2.05, 4.69) is 49.4 Å². The molecule has 2 aromatic rings. The molecular weight excluding hydrogens is 510 g/mol. The standard InChI is InChI=1S/C29H41N7O4/c1-29(2,3)40-28(38)36-17-15-35(16-18-36)22-7-5-21(6-8-22)34-13-10-23(11-14-34)39-27-32-25(19-26(37)33(27)4)24-9-12-30-20-31-24/h5-9,12,20,23,25,27,32H,10-11,13-19H2,1-4H3. The number of nitrogens with zero attached hydrogens (tertiary/aromatic N) is 6. The fourth-order valence-electron chi connectivity index (χ4n) is 5.40. The van der Waals surface area contributed by atoms with Gasteiger partial charge in [0.2, 0.25) is 5.91 Å². The van der Waals surface area contributed by atoms with E-state index < -0.39 is 12.0 Å². The van der Waals surface area contributed by atoms with Crippen LogP contribution in [0, 0.1) is 0 Å². The summed E-state index contributed by atoms with van der Waals surface area (Å²) in [4.78, 5) is 41.4. The maximum atomic E-state index is 12.6. The second-order valence-corrected chi connectivity index (χ2v) is 11.7. The first kappa shape index (κ1) is 28.1. The van der Waals surface area contributed by atoms with Crippen molar-refractivity contribution >= 4 is 23.4 Å². The molecule has 0 spiro atoms. The van der Waals surface area contributed by atoms with Crippen molar-refractivity contribution < 1.29 is 19.1 Å². The molecule has 0 aliphatic carbocycles. The molecule has 3 aliphatic heterocycles. The topological polar surface area (TPSA) is 103 Å². The van der Waals surface area contributed by atoms with E-state index >= 15 is 0 Å². The Hall–Kier alpha value is -3.44. The smallest absolute Gasteiger partial charge is 0.410 e. The third-order valence-electron chi connectivity index (χ3n) is 7.70. The molecule has 5 rings (SSSR count). The van der Waals surface area contributed by atoms with E-state index in [1.54, 1.807) is 23.0 Å². The Bertz CT molecular complexity index is 1140. The van der Waals surface area contributed by atoms with Gasteiger partial charge in [-0.25, -0.2) is 14.8 Å². The zero-order valence-corrected chi connectivity index (χ0v) is 24.0. The summed E-state index contributed by atoms with van der Waals surface area (Å²) in [5, 5.41) is 3.44. The van der Waals surface area contributed by atoms with Crippen LogP contribution in [0.25, 0.3) is 0 Å². The lowest BCUT2D eigenvalue weighted by atomic mass is 10.1. The molecule has 0 radical (unpaired) electrons. The minimum Gasteiger partial charge on any atom is -0.444 e. The van der Waals surface area contributed by atoms with E-state index in [0.29, 0.717) is 19.5 Å². The molecule has 0 bridgehead atoms. The Labute approximate surface area is 236 Å². The number of hydrogen-bond donors (Lipinski definition) is 1. The minimum absolute atomic E-state index is 0.0381. The van der Waals surface area contributed by atoms with E-state index in [9.17, 15) is 9.59 Å². The summed E-state index contributed by atoms with van der Waals surface area (Å²) in [6.07, 6.45) is 4.66. The van der Waals surface area contributed by atoms with E-state index in [-0.39, 0.29) is 24.1 Å². The van der Waals surface area contributed by atoms with E-state index in [4.69, 9.17) is 9.47 Å². The molecule has 216 valence electrons. The van der Waals surface area contributed by atoms with E-state index in [1.807, 2.05) is 26.8 Å². The predicted molar refractivity (Wildman–Crippen MR) is 152 cm³/mol. The van der Waals surface area contributed by atoms with Crippen LogP contribution < -0.4 is 15.1 Å². The average molecular weight is 552 g/mol. The van der Waals surface area contributed by atoms with Crippen molar-refractivity contribution in [3.8, 4) is 0 Å². The zero-order valence-electron chi connectivity index (χ0n) is 24.0. The van der Waals surface area contributed by atoms with Crippen molar-refractivity contribution in [3.05, 3.63) is 48.5 Å². The maximum absolute atomic E-state index is 12.6. The van der Waals surface area contributed by atoms with E-state index in [0.717, 1.165) is 44.7 Å². The summed E-state index contributed by atoms with van der Waals surface area (Å²) < 4.78 is 11.9. The number of benzene rings is 1. The molecule has 3 saturated heterocycles. The summed E-state index contributed by atoms with van der Waals surface area (Å²) in [5.41, 5.74) is 2.68. The number of amides is 2. The van der Waals surface area contributed by atoms with Crippen LogP contribution in [0.3, 0.4) is 0 Å². The van der Waals surface area contributed by atoms with Crippen molar-refractivity contribution in [2.75, 3.05) is 56.1 Å². The van der Waals surface area contributed by atoms with Crippen LogP contribution >= 0.6 is 0 Å². The lowest BCUT2D eigenvalue weighted by Crippen LogP contribution is -2.56. The third kappa shape index (κ3) is 6.82. The number of carbonyl (C=O) groups is 2. The zero-order chi connectivity index (χ0) is 28.3. The second kappa shape index (κ2) is 12.0. The summed E-state index contributed by atoms with van der Waals surface area (Å²) in [7, 11) is 1.78. The van der Waals surface area contributed by atoms with Crippen molar-refractivity contribution in [1.82, 2.24) is 25.1 Å². The molecule has 2 atom stereocenters. The van der Waals surface area contributed by atoms with E-state index in [1.165, 1.54) is 17.7 Å². The van der Waals surface area contributed by atoms with Gasteiger partial charge in [-0.05, 0) is 63.9 Å². The first-order valence-corrected chi connectivity index (χ1v) is 14.2. The van der Waals surface area contributed by atoms with Gasteiger partial charge in [-0.15, -0.1) is 0 Å². The van der Waals surface area contributed by atoms with Gasteiger partial charge in [0.25, 0.3) is 0 Å². The maximum Gasteiger partial charge on any atom is 0.410 e. The van der Waals surface area contributed by atoms with Gasteiger partial charge in [-0.1, -0.05) is 0 Å². The Morgan fingerprint density at radius 1 is 0.950 bits per heavy atom. The van der Waals surface area contributed by atoms with Crippen molar-refractivity contribution in [2.45, 2.75) is 64.1 Å². The number of piperidine rings is 1. The van der Waals surface area contributed by atoms with Crippen molar-refractivity contribution in [2.24, 2.45) is 0 Å². The monoisotopic (exact) mass is 551 g/mol.